The summed E-state index contributed by atoms with van der Waals surface area (Å²) in [5, 5.41) is 0. The lowest BCUT2D eigenvalue weighted by Gasteiger charge is -2.30. The van der Waals surface area contributed by atoms with Gasteiger partial charge in [-0.3, -0.25) is 0 Å². The molecular formula is C7H12O2. The third kappa shape index (κ3) is 0.970. The lowest BCUT2D eigenvalue weighted by Crippen LogP contribution is -2.37. The normalized spacial score (nSPS) is 36.7. The minimum Gasteiger partial charge on any atom is -0.380 e. The highest BCUT2D eigenvalue weighted by molar-refractivity contribution is 4.78. The molecule has 2 saturated heterocycles. The molecule has 52 valence electrons. The van der Waals surface area contributed by atoms with Crippen molar-refractivity contribution >= 4 is 0 Å². The SMILES string of the molecule is C1COC(C2COC2)C1. The monoisotopic (exact) mass is 128 g/mol. The van der Waals surface area contributed by atoms with Gasteiger partial charge in [-0.05, 0) is 12.8 Å². The van der Waals surface area contributed by atoms with Crippen LogP contribution in [0, 0.1) is 5.92 Å². The predicted octanol–water partition coefficient (Wildman–Crippen LogP) is 0.812. The second kappa shape index (κ2) is 2.27. The van der Waals surface area contributed by atoms with Crippen molar-refractivity contribution in [2.45, 2.75) is 18.9 Å². The molecule has 0 bridgehead atoms. The number of rotatable bonds is 1. The van der Waals surface area contributed by atoms with Crippen LogP contribution >= 0.6 is 0 Å². The molecule has 1 unspecified atom stereocenters. The Hall–Kier alpha value is -0.0800. The zero-order valence-electron chi connectivity index (χ0n) is 5.51. The van der Waals surface area contributed by atoms with Gasteiger partial charge in [-0.15, -0.1) is 0 Å². The Bertz CT molecular complexity index is 93.1. The summed E-state index contributed by atoms with van der Waals surface area (Å²) in [6.45, 7) is 2.84. The molecule has 0 saturated carbocycles. The second-order valence-corrected chi connectivity index (χ2v) is 2.85. The van der Waals surface area contributed by atoms with Crippen molar-refractivity contribution in [1.29, 1.82) is 0 Å². The van der Waals surface area contributed by atoms with Crippen molar-refractivity contribution in [3.05, 3.63) is 0 Å². The van der Waals surface area contributed by atoms with Crippen LogP contribution in [0.4, 0.5) is 0 Å². The first kappa shape index (κ1) is 5.69. The lowest BCUT2D eigenvalue weighted by molar-refractivity contribution is -0.0965. The van der Waals surface area contributed by atoms with E-state index in [1.54, 1.807) is 0 Å². The highest BCUT2D eigenvalue weighted by atomic mass is 16.5. The van der Waals surface area contributed by atoms with Gasteiger partial charge in [-0.1, -0.05) is 0 Å². The van der Waals surface area contributed by atoms with E-state index < -0.39 is 0 Å². The molecule has 2 nitrogen and oxygen atoms in total. The molecule has 0 amide bonds. The van der Waals surface area contributed by atoms with Gasteiger partial charge in [0.2, 0.25) is 0 Å². The standard InChI is InChI=1S/C7H12O2/c1-2-7(9-3-1)6-4-8-5-6/h6-7H,1-5H2. The molecule has 1 atom stereocenters. The zero-order chi connectivity index (χ0) is 6.10. The van der Waals surface area contributed by atoms with E-state index in [2.05, 4.69) is 0 Å². The van der Waals surface area contributed by atoms with Gasteiger partial charge >= 0.3 is 0 Å². The van der Waals surface area contributed by atoms with Crippen LogP contribution < -0.4 is 0 Å². The van der Waals surface area contributed by atoms with Crippen LogP contribution in [0.25, 0.3) is 0 Å². The maximum atomic E-state index is 5.48. The Labute approximate surface area is 55.1 Å². The minimum absolute atomic E-state index is 0.541. The summed E-state index contributed by atoms with van der Waals surface area (Å²) in [7, 11) is 0. The number of hydrogen-bond acceptors (Lipinski definition) is 2. The molecular weight excluding hydrogens is 116 g/mol. The van der Waals surface area contributed by atoms with Crippen molar-refractivity contribution in [2.75, 3.05) is 19.8 Å². The molecule has 2 heterocycles. The van der Waals surface area contributed by atoms with Crippen molar-refractivity contribution in [1.82, 2.24) is 0 Å². The van der Waals surface area contributed by atoms with Crippen LogP contribution in [0.3, 0.4) is 0 Å². The maximum absolute atomic E-state index is 5.48. The first-order valence-electron chi connectivity index (χ1n) is 3.66. The van der Waals surface area contributed by atoms with Gasteiger partial charge in [-0.2, -0.15) is 0 Å². The summed E-state index contributed by atoms with van der Waals surface area (Å²) in [6.07, 6.45) is 3.05. The maximum Gasteiger partial charge on any atom is 0.0648 e. The van der Waals surface area contributed by atoms with Gasteiger partial charge in [0.15, 0.2) is 0 Å². The number of ether oxygens (including phenoxy) is 2. The first-order chi connectivity index (χ1) is 4.47. The summed E-state index contributed by atoms with van der Waals surface area (Å²) in [4.78, 5) is 0. The van der Waals surface area contributed by atoms with Crippen LogP contribution in [0.1, 0.15) is 12.8 Å². The third-order valence-electron chi connectivity index (χ3n) is 2.15. The summed E-state index contributed by atoms with van der Waals surface area (Å²) in [6, 6.07) is 0. The Balaban J connectivity index is 1.82. The molecule has 0 aromatic rings. The van der Waals surface area contributed by atoms with Crippen molar-refractivity contribution in [3.63, 3.8) is 0 Å². The smallest absolute Gasteiger partial charge is 0.0648 e. The van der Waals surface area contributed by atoms with Crippen LogP contribution in [-0.4, -0.2) is 25.9 Å². The van der Waals surface area contributed by atoms with Crippen molar-refractivity contribution in [3.8, 4) is 0 Å². The molecule has 0 aromatic carbocycles. The molecule has 0 aliphatic carbocycles. The quantitative estimate of drug-likeness (QED) is 0.520. The molecule has 0 N–H and O–H groups in total. The fraction of sp³-hybridized carbons (Fsp3) is 1.00. The Morgan fingerprint density at radius 2 is 2.11 bits per heavy atom. The van der Waals surface area contributed by atoms with Crippen LogP contribution in [0.15, 0.2) is 0 Å². The van der Waals surface area contributed by atoms with Gasteiger partial charge in [0.25, 0.3) is 0 Å². The molecule has 2 aliphatic rings. The second-order valence-electron chi connectivity index (χ2n) is 2.85. The van der Waals surface area contributed by atoms with E-state index in [9.17, 15) is 0 Å². The molecule has 0 aromatic heterocycles. The van der Waals surface area contributed by atoms with Gasteiger partial charge < -0.3 is 9.47 Å². The molecule has 2 aliphatic heterocycles. The van der Waals surface area contributed by atoms with E-state index in [-0.39, 0.29) is 0 Å². The summed E-state index contributed by atoms with van der Waals surface area (Å²) in [5.74, 6) is 0.729. The molecule has 2 rings (SSSR count). The summed E-state index contributed by atoms with van der Waals surface area (Å²) in [5.41, 5.74) is 0. The largest absolute Gasteiger partial charge is 0.380 e. The van der Waals surface area contributed by atoms with E-state index in [4.69, 9.17) is 9.47 Å². The van der Waals surface area contributed by atoms with Gasteiger partial charge in [-0.25, -0.2) is 0 Å². The van der Waals surface area contributed by atoms with E-state index in [0.29, 0.717) is 6.10 Å². The average molecular weight is 128 g/mol. The minimum atomic E-state index is 0.541. The highest BCUT2D eigenvalue weighted by Crippen LogP contribution is 2.25. The predicted molar refractivity (Wildman–Crippen MR) is 33.3 cm³/mol. The molecule has 0 spiro atoms. The van der Waals surface area contributed by atoms with Gasteiger partial charge in [0, 0.05) is 12.5 Å². The van der Waals surface area contributed by atoms with Crippen LogP contribution in [0.2, 0.25) is 0 Å². The highest BCUT2D eigenvalue weighted by Gasteiger charge is 2.31. The van der Waals surface area contributed by atoms with Crippen LogP contribution in [0.5, 0.6) is 0 Å². The average Bonchev–Trinajstić information content (AvgIpc) is 2.11. The fourth-order valence-corrected chi connectivity index (χ4v) is 1.44. The lowest BCUT2D eigenvalue weighted by atomic mass is 9.99. The van der Waals surface area contributed by atoms with E-state index in [1.165, 1.54) is 12.8 Å². The zero-order valence-corrected chi connectivity index (χ0v) is 5.51. The first-order valence-corrected chi connectivity index (χ1v) is 3.66. The van der Waals surface area contributed by atoms with Gasteiger partial charge in [0.1, 0.15) is 0 Å². The Kier molecular flexibility index (Phi) is 1.44. The van der Waals surface area contributed by atoms with E-state index in [0.717, 1.165) is 25.7 Å². The Morgan fingerprint density at radius 3 is 2.56 bits per heavy atom. The topological polar surface area (TPSA) is 18.5 Å². The van der Waals surface area contributed by atoms with E-state index >= 15 is 0 Å². The molecule has 2 heteroatoms. The summed E-state index contributed by atoms with van der Waals surface area (Å²) < 4.78 is 10.5. The third-order valence-corrected chi connectivity index (χ3v) is 2.15. The van der Waals surface area contributed by atoms with Crippen molar-refractivity contribution in [2.24, 2.45) is 5.92 Å². The Morgan fingerprint density at radius 1 is 1.22 bits per heavy atom. The summed E-state index contributed by atoms with van der Waals surface area (Å²) >= 11 is 0. The number of hydrogen-bond donors (Lipinski definition) is 0. The van der Waals surface area contributed by atoms with Crippen molar-refractivity contribution < 1.29 is 9.47 Å². The molecule has 0 radical (unpaired) electrons. The molecule has 2 fully saturated rings. The fourth-order valence-electron chi connectivity index (χ4n) is 1.44. The van der Waals surface area contributed by atoms with Gasteiger partial charge in [0.05, 0.1) is 19.3 Å². The van der Waals surface area contributed by atoms with Crippen LogP contribution in [-0.2, 0) is 9.47 Å². The van der Waals surface area contributed by atoms with E-state index in [1.807, 2.05) is 0 Å². The molecule has 9 heavy (non-hydrogen) atoms.